The van der Waals surface area contributed by atoms with Crippen molar-refractivity contribution in [3.05, 3.63) is 0 Å². The van der Waals surface area contributed by atoms with E-state index in [9.17, 15) is 9.59 Å². The third-order valence-corrected chi connectivity index (χ3v) is 4.44. The fraction of sp³-hybridized carbons (Fsp3) is 0.867. The van der Waals surface area contributed by atoms with Crippen molar-refractivity contribution < 1.29 is 14.3 Å². The highest BCUT2D eigenvalue weighted by molar-refractivity contribution is 5.97. The van der Waals surface area contributed by atoms with Gasteiger partial charge in [-0.3, -0.25) is 9.59 Å². The quantitative estimate of drug-likeness (QED) is 0.827. The van der Waals surface area contributed by atoms with Crippen molar-refractivity contribution in [2.75, 3.05) is 7.11 Å². The van der Waals surface area contributed by atoms with Gasteiger partial charge in [0.1, 0.15) is 12.1 Å². The first-order valence-corrected chi connectivity index (χ1v) is 7.64. The molecule has 0 aromatic rings. The van der Waals surface area contributed by atoms with Crippen molar-refractivity contribution in [2.24, 2.45) is 5.92 Å². The predicted molar refractivity (Wildman–Crippen MR) is 76.1 cm³/mol. The lowest BCUT2D eigenvalue weighted by Gasteiger charge is -2.50. The first-order chi connectivity index (χ1) is 9.49. The molecule has 5 nitrogen and oxygen atoms in total. The highest BCUT2D eigenvalue weighted by atomic mass is 16.5. The second-order valence-corrected chi connectivity index (χ2v) is 6.27. The Labute approximate surface area is 121 Å². The Morgan fingerprint density at radius 2 is 2.00 bits per heavy atom. The maximum Gasteiger partial charge on any atom is 0.246 e. The average molecular weight is 282 g/mol. The lowest BCUT2D eigenvalue weighted by atomic mass is 9.83. The van der Waals surface area contributed by atoms with Crippen molar-refractivity contribution in [1.29, 1.82) is 0 Å². The van der Waals surface area contributed by atoms with Gasteiger partial charge in [0.05, 0.1) is 6.10 Å². The number of nitrogens with zero attached hydrogens (tertiary/aromatic N) is 1. The zero-order valence-corrected chi connectivity index (χ0v) is 12.9. The molecule has 1 N–H and O–H groups in total. The van der Waals surface area contributed by atoms with E-state index in [-0.39, 0.29) is 42.0 Å². The van der Waals surface area contributed by atoms with Gasteiger partial charge in [0.25, 0.3) is 0 Å². The van der Waals surface area contributed by atoms with Crippen molar-refractivity contribution in [2.45, 2.75) is 70.7 Å². The zero-order chi connectivity index (χ0) is 14.9. The van der Waals surface area contributed by atoms with Gasteiger partial charge in [-0.2, -0.15) is 0 Å². The monoisotopic (exact) mass is 282 g/mol. The Hall–Kier alpha value is -1.10. The third-order valence-electron chi connectivity index (χ3n) is 4.44. The summed E-state index contributed by atoms with van der Waals surface area (Å²) < 4.78 is 5.30. The van der Waals surface area contributed by atoms with Gasteiger partial charge < -0.3 is 15.0 Å². The van der Waals surface area contributed by atoms with Gasteiger partial charge in [-0.15, -0.1) is 0 Å². The molecule has 0 radical (unpaired) electrons. The third kappa shape index (κ3) is 2.68. The van der Waals surface area contributed by atoms with Crippen LogP contribution in [0, 0.1) is 5.92 Å². The van der Waals surface area contributed by atoms with Crippen LogP contribution in [-0.4, -0.2) is 48.1 Å². The number of methoxy groups -OCH3 is 1. The first kappa shape index (κ1) is 15.3. The topological polar surface area (TPSA) is 58.6 Å². The van der Waals surface area contributed by atoms with E-state index in [2.05, 4.69) is 5.32 Å². The number of nitrogens with one attached hydrogen (secondary N) is 1. The van der Waals surface area contributed by atoms with Gasteiger partial charge in [0, 0.05) is 13.2 Å². The Kier molecular flexibility index (Phi) is 4.68. The molecule has 20 heavy (non-hydrogen) atoms. The summed E-state index contributed by atoms with van der Waals surface area (Å²) in [7, 11) is 1.70. The van der Waals surface area contributed by atoms with Crippen molar-refractivity contribution in [1.82, 2.24) is 10.2 Å². The van der Waals surface area contributed by atoms with Gasteiger partial charge in [-0.05, 0) is 25.2 Å². The molecule has 0 aromatic heterocycles. The minimum absolute atomic E-state index is 0.00100. The Morgan fingerprint density at radius 1 is 1.35 bits per heavy atom. The molecule has 2 fully saturated rings. The highest BCUT2D eigenvalue weighted by Crippen LogP contribution is 2.33. The molecule has 0 spiro atoms. The fourth-order valence-corrected chi connectivity index (χ4v) is 3.23. The van der Waals surface area contributed by atoms with Crippen LogP contribution in [0.4, 0.5) is 0 Å². The van der Waals surface area contributed by atoms with E-state index in [1.807, 2.05) is 25.7 Å². The molecule has 5 heteroatoms. The maximum atomic E-state index is 12.7. The second-order valence-electron chi connectivity index (χ2n) is 6.27. The lowest BCUT2D eigenvalue weighted by Crippen LogP contribution is -2.69. The number of carbonyl (C=O) groups excluding carboxylic acids is 2. The molecule has 1 aliphatic heterocycles. The van der Waals surface area contributed by atoms with Crippen LogP contribution in [0.3, 0.4) is 0 Å². The van der Waals surface area contributed by atoms with Gasteiger partial charge in [0.2, 0.25) is 11.8 Å². The maximum absolute atomic E-state index is 12.7. The van der Waals surface area contributed by atoms with Crippen molar-refractivity contribution in [3.8, 4) is 0 Å². The summed E-state index contributed by atoms with van der Waals surface area (Å²) in [6.07, 6.45) is 3.53. The number of hydrogen-bond acceptors (Lipinski definition) is 3. The SMILES string of the molecule is CCCC1NC(=O)C(C(C)C)N(C2CC(OC)C2)C1=O. The second kappa shape index (κ2) is 6.12. The van der Waals surface area contributed by atoms with Gasteiger partial charge >= 0.3 is 0 Å². The largest absolute Gasteiger partial charge is 0.381 e. The number of amides is 2. The van der Waals surface area contributed by atoms with E-state index >= 15 is 0 Å². The number of rotatable bonds is 5. The first-order valence-electron chi connectivity index (χ1n) is 7.64. The molecular formula is C15H26N2O3. The molecule has 0 aromatic carbocycles. The highest BCUT2D eigenvalue weighted by Gasteiger charge is 2.48. The minimum atomic E-state index is -0.343. The van der Waals surface area contributed by atoms with Crippen LogP contribution >= 0.6 is 0 Å². The standard InChI is InChI=1S/C15H26N2O3/c1-5-6-12-15(19)17(10-7-11(8-10)20-4)13(9(2)3)14(18)16-12/h9-13H,5-8H2,1-4H3,(H,16,18). The molecular weight excluding hydrogens is 256 g/mol. The molecule has 2 unspecified atom stereocenters. The zero-order valence-electron chi connectivity index (χ0n) is 12.9. The Balaban J connectivity index is 2.16. The van der Waals surface area contributed by atoms with Crippen LogP contribution in [0.1, 0.15) is 46.5 Å². The van der Waals surface area contributed by atoms with Gasteiger partial charge in [0.15, 0.2) is 0 Å². The van der Waals surface area contributed by atoms with E-state index in [0.29, 0.717) is 6.42 Å². The summed E-state index contributed by atoms with van der Waals surface area (Å²) in [5.74, 6) is 0.215. The van der Waals surface area contributed by atoms with Crippen LogP contribution in [-0.2, 0) is 14.3 Å². The molecule has 114 valence electrons. The molecule has 0 bridgehead atoms. The molecule has 1 saturated heterocycles. The summed E-state index contributed by atoms with van der Waals surface area (Å²) in [5, 5.41) is 2.90. The molecule has 2 amide bonds. The lowest BCUT2D eigenvalue weighted by molar-refractivity contribution is -0.160. The Bertz CT molecular complexity index is 377. The van der Waals surface area contributed by atoms with E-state index in [4.69, 9.17) is 4.74 Å². The summed E-state index contributed by atoms with van der Waals surface area (Å²) in [6, 6.07) is -0.521. The molecule has 1 saturated carbocycles. The summed E-state index contributed by atoms with van der Waals surface area (Å²) >= 11 is 0. The molecule has 1 heterocycles. The van der Waals surface area contributed by atoms with E-state index in [0.717, 1.165) is 19.3 Å². The summed E-state index contributed by atoms with van der Waals surface area (Å²) in [4.78, 5) is 26.9. The van der Waals surface area contributed by atoms with Crippen LogP contribution < -0.4 is 5.32 Å². The molecule has 2 aliphatic rings. The number of carbonyl (C=O) groups is 2. The number of ether oxygens (including phenoxy) is 1. The van der Waals surface area contributed by atoms with Crippen LogP contribution in [0.2, 0.25) is 0 Å². The Morgan fingerprint density at radius 3 is 2.50 bits per heavy atom. The van der Waals surface area contributed by atoms with Gasteiger partial charge in [-0.1, -0.05) is 27.2 Å². The predicted octanol–water partition coefficient (Wildman–Crippen LogP) is 1.32. The number of hydrogen-bond donors (Lipinski definition) is 1. The molecule has 2 atom stereocenters. The smallest absolute Gasteiger partial charge is 0.246 e. The van der Waals surface area contributed by atoms with Crippen molar-refractivity contribution >= 4 is 11.8 Å². The van der Waals surface area contributed by atoms with E-state index in [1.165, 1.54) is 0 Å². The number of piperazine rings is 1. The van der Waals surface area contributed by atoms with E-state index < -0.39 is 0 Å². The average Bonchev–Trinajstić information content (AvgIpc) is 2.33. The minimum Gasteiger partial charge on any atom is -0.381 e. The van der Waals surface area contributed by atoms with Crippen molar-refractivity contribution in [3.63, 3.8) is 0 Å². The summed E-state index contributed by atoms with van der Waals surface area (Å²) in [5.41, 5.74) is 0. The van der Waals surface area contributed by atoms with Crippen LogP contribution in [0.5, 0.6) is 0 Å². The molecule has 2 rings (SSSR count). The normalized spacial score (nSPS) is 34.1. The van der Waals surface area contributed by atoms with Crippen LogP contribution in [0.25, 0.3) is 0 Å². The summed E-state index contributed by atoms with van der Waals surface area (Å²) in [6.45, 7) is 6.02. The molecule has 1 aliphatic carbocycles. The van der Waals surface area contributed by atoms with E-state index in [1.54, 1.807) is 7.11 Å². The fourth-order valence-electron chi connectivity index (χ4n) is 3.23. The van der Waals surface area contributed by atoms with Gasteiger partial charge in [-0.25, -0.2) is 0 Å². The van der Waals surface area contributed by atoms with Crippen LogP contribution in [0.15, 0.2) is 0 Å².